The second kappa shape index (κ2) is 13.2. The molecule has 240 valence electrons. The molecule has 2 heterocycles. The van der Waals surface area contributed by atoms with Crippen molar-refractivity contribution >= 4 is 45.0 Å². The summed E-state index contributed by atoms with van der Waals surface area (Å²) < 4.78 is 29.8. The molecule has 1 aromatic heterocycles. The van der Waals surface area contributed by atoms with Gasteiger partial charge in [0.05, 0.1) is 16.4 Å². The first-order valence-electron chi connectivity index (χ1n) is 15.9. The number of halogens is 2. The molecule has 1 saturated heterocycles. The van der Waals surface area contributed by atoms with E-state index in [0.29, 0.717) is 27.8 Å². The summed E-state index contributed by atoms with van der Waals surface area (Å²) in [6.07, 6.45) is 10.5. The molecule has 0 unspecified atom stereocenters. The number of hydrogen-bond donors (Lipinski definition) is 1. The van der Waals surface area contributed by atoms with E-state index < -0.39 is 16.1 Å². The quantitative estimate of drug-likeness (QED) is 0.169. The fourth-order valence-electron chi connectivity index (χ4n) is 6.58. The molecular formula is C37H34Cl2N4O3S. The number of aryl methyl sites for hydroxylation is 1. The second-order valence-corrected chi connectivity index (χ2v) is 14.8. The molecule has 2 aliphatic rings. The zero-order valence-corrected chi connectivity index (χ0v) is 28.0. The molecule has 0 atom stereocenters. The van der Waals surface area contributed by atoms with Gasteiger partial charge >= 0.3 is 10.2 Å². The molecule has 1 amide bonds. The van der Waals surface area contributed by atoms with Crippen molar-refractivity contribution < 1.29 is 13.2 Å². The Bertz CT molecular complexity index is 2020. The number of carbonyl (C=O) groups excluding carboxylic acids is 1. The number of anilines is 1. The number of amides is 1. The number of nitrogens with zero attached hydrogens (tertiary/aromatic N) is 3. The SMILES string of the molecule is O=C1CN(c2ccc(-n3cc(-c4ccc(Cl)cc4Cl)nc3Cc3ccc(-c4ccc(CCC5CCCC5)cc4)cc3)cc2)S(=O)(=O)N1. The average molecular weight is 686 g/mol. The number of benzene rings is 4. The Kier molecular flexibility index (Phi) is 8.83. The van der Waals surface area contributed by atoms with E-state index in [-0.39, 0.29) is 6.54 Å². The summed E-state index contributed by atoms with van der Waals surface area (Å²) >= 11 is 12.7. The first kappa shape index (κ1) is 31.5. The molecule has 1 N–H and O–H groups in total. The molecule has 0 bridgehead atoms. The van der Waals surface area contributed by atoms with Crippen molar-refractivity contribution in [1.29, 1.82) is 0 Å². The van der Waals surface area contributed by atoms with Crippen molar-refractivity contribution in [1.82, 2.24) is 14.3 Å². The van der Waals surface area contributed by atoms with Gasteiger partial charge in [0.15, 0.2) is 0 Å². The summed E-state index contributed by atoms with van der Waals surface area (Å²) in [6.45, 7) is -0.252. The summed E-state index contributed by atoms with van der Waals surface area (Å²) in [5, 5.41) is 1.03. The predicted octanol–water partition coefficient (Wildman–Crippen LogP) is 8.41. The first-order chi connectivity index (χ1) is 22.7. The summed E-state index contributed by atoms with van der Waals surface area (Å²) in [7, 11) is -3.90. The van der Waals surface area contributed by atoms with Crippen LogP contribution in [0.2, 0.25) is 10.0 Å². The zero-order chi connectivity index (χ0) is 32.5. The highest BCUT2D eigenvalue weighted by molar-refractivity contribution is 7.92. The monoisotopic (exact) mass is 684 g/mol. The van der Waals surface area contributed by atoms with Crippen LogP contribution in [0.15, 0.2) is 97.2 Å². The normalized spacial score (nSPS) is 16.1. The molecule has 7 rings (SSSR count). The Balaban J connectivity index is 1.13. The Morgan fingerprint density at radius 2 is 1.45 bits per heavy atom. The van der Waals surface area contributed by atoms with Gasteiger partial charge in [-0.05, 0) is 83.5 Å². The molecule has 10 heteroatoms. The van der Waals surface area contributed by atoms with Crippen molar-refractivity contribution in [3.05, 3.63) is 124 Å². The van der Waals surface area contributed by atoms with Gasteiger partial charge in [-0.2, -0.15) is 8.42 Å². The lowest BCUT2D eigenvalue weighted by molar-refractivity contribution is -0.117. The van der Waals surface area contributed by atoms with Crippen LogP contribution in [-0.2, 0) is 27.8 Å². The van der Waals surface area contributed by atoms with Crippen LogP contribution in [0.25, 0.3) is 28.1 Å². The largest absolute Gasteiger partial charge is 0.326 e. The van der Waals surface area contributed by atoms with Gasteiger partial charge in [0, 0.05) is 28.9 Å². The third-order valence-corrected chi connectivity index (χ3v) is 11.1. The second-order valence-electron chi connectivity index (χ2n) is 12.3. The summed E-state index contributed by atoms with van der Waals surface area (Å²) in [5.41, 5.74) is 7.47. The van der Waals surface area contributed by atoms with Gasteiger partial charge in [-0.3, -0.25) is 4.79 Å². The Hall–Kier alpha value is -4.11. The van der Waals surface area contributed by atoms with Crippen LogP contribution in [0.1, 0.15) is 49.1 Å². The van der Waals surface area contributed by atoms with Gasteiger partial charge in [-0.25, -0.2) is 14.0 Å². The minimum Gasteiger partial charge on any atom is -0.303 e. The van der Waals surface area contributed by atoms with Crippen LogP contribution < -0.4 is 9.03 Å². The van der Waals surface area contributed by atoms with Gasteiger partial charge in [-0.1, -0.05) is 97.4 Å². The van der Waals surface area contributed by atoms with Crippen LogP contribution in [0, 0.1) is 5.92 Å². The lowest BCUT2D eigenvalue weighted by Crippen LogP contribution is -2.29. The van der Waals surface area contributed by atoms with Crippen LogP contribution in [0.4, 0.5) is 5.69 Å². The molecule has 2 fully saturated rings. The molecule has 0 spiro atoms. The first-order valence-corrected chi connectivity index (χ1v) is 18.1. The summed E-state index contributed by atoms with van der Waals surface area (Å²) in [4.78, 5) is 16.7. The standard InChI is InChI=1S/C37H34Cl2N4O3S/c38-30-15-20-33(34(39)22-30)35-23-42(31-16-18-32(19-17-31)43-24-37(44)41-47(43,45)46)36(40-35)21-27-9-13-29(14-10-27)28-11-7-26(8-12-28)6-5-25-3-1-2-4-25/h7-20,22-23,25H,1-6,21,24H2,(H,41,44). The van der Waals surface area contributed by atoms with E-state index in [9.17, 15) is 13.2 Å². The number of hydrogen-bond acceptors (Lipinski definition) is 4. The molecule has 0 radical (unpaired) electrons. The number of carbonyl (C=O) groups is 1. The van der Waals surface area contributed by atoms with Crippen molar-refractivity contribution in [2.24, 2.45) is 5.92 Å². The van der Waals surface area contributed by atoms with Gasteiger partial charge in [-0.15, -0.1) is 0 Å². The molecule has 1 saturated carbocycles. The third kappa shape index (κ3) is 6.96. The third-order valence-electron chi connectivity index (χ3n) is 9.14. The van der Waals surface area contributed by atoms with Crippen molar-refractivity contribution in [3.63, 3.8) is 0 Å². The van der Waals surface area contributed by atoms with Gasteiger partial charge in [0.2, 0.25) is 0 Å². The maximum Gasteiger partial charge on any atom is 0.326 e. The Labute approximate surface area is 285 Å². The number of rotatable bonds is 9. The number of nitrogens with one attached hydrogen (secondary N) is 1. The lowest BCUT2D eigenvalue weighted by atomic mass is 9.96. The fourth-order valence-corrected chi connectivity index (χ4v) is 8.24. The molecule has 4 aromatic carbocycles. The van der Waals surface area contributed by atoms with E-state index in [2.05, 4.69) is 48.5 Å². The predicted molar refractivity (Wildman–Crippen MR) is 188 cm³/mol. The molecule has 7 nitrogen and oxygen atoms in total. The lowest BCUT2D eigenvalue weighted by Gasteiger charge is -2.15. The topological polar surface area (TPSA) is 84.3 Å². The van der Waals surface area contributed by atoms with E-state index in [4.69, 9.17) is 28.2 Å². The zero-order valence-electron chi connectivity index (χ0n) is 25.7. The van der Waals surface area contributed by atoms with Gasteiger partial charge < -0.3 is 4.57 Å². The van der Waals surface area contributed by atoms with Gasteiger partial charge in [0.25, 0.3) is 5.91 Å². The van der Waals surface area contributed by atoms with Crippen molar-refractivity contribution in [2.45, 2.75) is 44.9 Å². The fraction of sp³-hybridized carbons (Fsp3) is 0.243. The van der Waals surface area contributed by atoms with E-state index in [1.807, 2.05) is 33.7 Å². The van der Waals surface area contributed by atoms with Crippen LogP contribution >= 0.6 is 23.2 Å². The molecular weight excluding hydrogens is 651 g/mol. The molecule has 5 aromatic rings. The van der Waals surface area contributed by atoms with Gasteiger partial charge in [0.1, 0.15) is 12.4 Å². The minimum atomic E-state index is -3.90. The van der Waals surface area contributed by atoms with Crippen molar-refractivity contribution in [3.8, 4) is 28.1 Å². The number of imidazole rings is 1. The van der Waals surface area contributed by atoms with E-state index in [1.165, 1.54) is 43.2 Å². The summed E-state index contributed by atoms with van der Waals surface area (Å²) in [6, 6.07) is 29.8. The van der Waals surface area contributed by atoms with E-state index in [0.717, 1.165) is 44.8 Å². The minimum absolute atomic E-state index is 0.252. The molecule has 1 aliphatic heterocycles. The highest BCUT2D eigenvalue weighted by atomic mass is 35.5. The average Bonchev–Trinajstić information content (AvgIpc) is 3.80. The van der Waals surface area contributed by atoms with Crippen LogP contribution in [0.5, 0.6) is 0 Å². The van der Waals surface area contributed by atoms with Crippen LogP contribution in [0.3, 0.4) is 0 Å². The maximum atomic E-state index is 12.4. The Morgan fingerprint density at radius 1 is 0.809 bits per heavy atom. The smallest absolute Gasteiger partial charge is 0.303 e. The van der Waals surface area contributed by atoms with E-state index in [1.54, 1.807) is 24.3 Å². The summed E-state index contributed by atoms with van der Waals surface area (Å²) in [5.74, 6) is 1.12. The highest BCUT2D eigenvalue weighted by Gasteiger charge is 2.34. The van der Waals surface area contributed by atoms with Crippen molar-refractivity contribution in [2.75, 3.05) is 10.8 Å². The highest BCUT2D eigenvalue weighted by Crippen LogP contribution is 2.33. The Morgan fingerprint density at radius 3 is 2.06 bits per heavy atom. The molecule has 1 aliphatic carbocycles. The van der Waals surface area contributed by atoms with E-state index >= 15 is 0 Å². The molecule has 47 heavy (non-hydrogen) atoms. The number of aromatic nitrogens is 2. The maximum absolute atomic E-state index is 12.4. The van der Waals surface area contributed by atoms with Crippen LogP contribution in [-0.4, -0.2) is 30.4 Å².